The Morgan fingerprint density at radius 1 is 1.06 bits per heavy atom. The van der Waals surface area contributed by atoms with Gasteiger partial charge in [0.15, 0.2) is 5.82 Å². The molecule has 34 heavy (non-hydrogen) atoms. The van der Waals surface area contributed by atoms with Gasteiger partial charge in [-0.05, 0) is 41.8 Å². The fraction of sp³-hybridized carbons (Fsp3) is 0.167. The first kappa shape index (κ1) is 23.5. The van der Waals surface area contributed by atoms with Crippen molar-refractivity contribution in [1.82, 2.24) is 9.97 Å². The summed E-state index contributed by atoms with van der Waals surface area (Å²) in [5, 5.41) is 0.302. The Hall–Kier alpha value is -3.66. The number of hydrogen-bond acceptors (Lipinski definition) is 4. The molecule has 4 rings (SSSR count). The molecule has 0 spiro atoms. The zero-order valence-corrected chi connectivity index (χ0v) is 19.0. The Balaban J connectivity index is 1.76. The maximum atomic E-state index is 15.2. The lowest BCUT2D eigenvalue weighted by molar-refractivity contribution is 0.103. The molecule has 0 unspecified atom stereocenters. The zero-order chi connectivity index (χ0) is 24.6. The molecule has 2 aromatic carbocycles. The van der Waals surface area contributed by atoms with Gasteiger partial charge in [-0.3, -0.25) is 9.52 Å². The average Bonchev–Trinajstić information content (AvgIpc) is 3.18. The molecule has 0 aliphatic heterocycles. The lowest BCUT2D eigenvalue weighted by Gasteiger charge is -2.13. The van der Waals surface area contributed by atoms with Crippen LogP contribution in [0, 0.1) is 23.4 Å². The van der Waals surface area contributed by atoms with E-state index in [0.717, 1.165) is 12.1 Å². The van der Waals surface area contributed by atoms with Crippen LogP contribution >= 0.6 is 0 Å². The smallest absolute Gasteiger partial charge is 0.233 e. The van der Waals surface area contributed by atoms with Gasteiger partial charge in [-0.15, -0.1) is 0 Å². The van der Waals surface area contributed by atoms with E-state index in [9.17, 15) is 22.0 Å². The van der Waals surface area contributed by atoms with Crippen LogP contribution in [-0.4, -0.2) is 29.9 Å². The highest BCUT2D eigenvalue weighted by Gasteiger charge is 2.26. The second-order valence-electron chi connectivity index (χ2n) is 8.22. The zero-order valence-electron chi connectivity index (χ0n) is 18.2. The van der Waals surface area contributed by atoms with E-state index in [1.807, 2.05) is 0 Å². The fourth-order valence-corrected chi connectivity index (χ4v) is 5.07. The van der Waals surface area contributed by atoms with E-state index < -0.39 is 44.5 Å². The molecule has 2 N–H and O–H groups in total. The normalized spacial score (nSPS) is 11.8. The van der Waals surface area contributed by atoms with Crippen LogP contribution in [0.4, 0.5) is 18.9 Å². The third kappa shape index (κ3) is 4.67. The van der Waals surface area contributed by atoms with Gasteiger partial charge in [-0.25, -0.2) is 26.6 Å². The average molecular weight is 488 g/mol. The van der Waals surface area contributed by atoms with Gasteiger partial charge in [0.25, 0.3) is 0 Å². The highest BCUT2D eigenvalue weighted by Crippen LogP contribution is 2.29. The molecule has 0 aliphatic carbocycles. The molecule has 0 fully saturated rings. The van der Waals surface area contributed by atoms with Crippen molar-refractivity contribution in [2.45, 2.75) is 13.8 Å². The van der Waals surface area contributed by atoms with Crippen LogP contribution in [0.2, 0.25) is 0 Å². The number of pyridine rings is 1. The number of halogens is 3. The molecule has 10 heteroatoms. The SMILES string of the molecule is CC(C)CS(=O)(=O)Nc1ccc(F)c(C(=O)c2c[nH]c3ncc(-c4ccc(F)cc4)cc23)c1F. The van der Waals surface area contributed by atoms with Gasteiger partial charge in [-0.2, -0.15) is 0 Å². The van der Waals surface area contributed by atoms with Crippen LogP contribution in [0.25, 0.3) is 22.2 Å². The van der Waals surface area contributed by atoms with Crippen LogP contribution < -0.4 is 4.72 Å². The number of benzene rings is 2. The number of carbonyl (C=O) groups excluding carboxylic acids is 1. The number of ketones is 1. The first-order valence-corrected chi connectivity index (χ1v) is 12.0. The summed E-state index contributed by atoms with van der Waals surface area (Å²) in [5.74, 6) is -4.33. The van der Waals surface area contributed by atoms with E-state index >= 15 is 4.39 Å². The summed E-state index contributed by atoms with van der Waals surface area (Å²) in [6.07, 6.45) is 2.80. The number of hydrogen-bond donors (Lipinski definition) is 2. The molecule has 4 aromatic rings. The van der Waals surface area contributed by atoms with Gasteiger partial charge in [0.05, 0.1) is 17.0 Å². The van der Waals surface area contributed by atoms with E-state index in [2.05, 4.69) is 14.7 Å². The van der Waals surface area contributed by atoms with Gasteiger partial charge in [0, 0.05) is 28.9 Å². The molecule has 176 valence electrons. The summed E-state index contributed by atoms with van der Waals surface area (Å²) in [6.45, 7) is 3.36. The molecule has 2 heterocycles. The number of nitrogens with one attached hydrogen (secondary N) is 2. The number of fused-ring (bicyclic) bond motifs is 1. The maximum absolute atomic E-state index is 15.2. The van der Waals surface area contributed by atoms with Crippen molar-refractivity contribution in [3.63, 3.8) is 0 Å². The Morgan fingerprint density at radius 2 is 1.76 bits per heavy atom. The molecule has 0 saturated carbocycles. The second kappa shape index (κ2) is 8.94. The van der Waals surface area contributed by atoms with E-state index in [4.69, 9.17) is 0 Å². The Morgan fingerprint density at radius 3 is 2.44 bits per heavy atom. The Kier molecular flexibility index (Phi) is 6.18. The number of anilines is 1. The van der Waals surface area contributed by atoms with Gasteiger partial charge in [0.2, 0.25) is 15.8 Å². The molecule has 0 bridgehead atoms. The molecule has 2 aromatic heterocycles. The molecule has 0 radical (unpaired) electrons. The van der Waals surface area contributed by atoms with Gasteiger partial charge < -0.3 is 4.98 Å². The molecular weight excluding hydrogens is 467 g/mol. The second-order valence-corrected chi connectivity index (χ2v) is 9.99. The first-order valence-electron chi connectivity index (χ1n) is 10.3. The predicted molar refractivity (Wildman–Crippen MR) is 124 cm³/mol. The molecule has 6 nitrogen and oxygen atoms in total. The summed E-state index contributed by atoms with van der Waals surface area (Å²) < 4.78 is 69.6. The number of aromatic amines is 1. The molecule has 0 atom stereocenters. The summed E-state index contributed by atoms with van der Waals surface area (Å²) in [7, 11) is -3.91. The van der Waals surface area contributed by atoms with Gasteiger partial charge in [0.1, 0.15) is 17.3 Å². The molecule has 0 saturated heterocycles. The maximum Gasteiger partial charge on any atom is 0.233 e. The largest absolute Gasteiger partial charge is 0.345 e. The summed E-state index contributed by atoms with van der Waals surface area (Å²) in [5.41, 5.74) is 0.0510. The van der Waals surface area contributed by atoms with Crippen molar-refractivity contribution >= 4 is 32.5 Å². The van der Waals surface area contributed by atoms with Crippen molar-refractivity contribution in [3.8, 4) is 11.1 Å². The summed E-state index contributed by atoms with van der Waals surface area (Å²) in [4.78, 5) is 20.2. The Labute approximate surface area is 193 Å². The lowest BCUT2D eigenvalue weighted by atomic mass is 10.00. The monoisotopic (exact) mass is 487 g/mol. The van der Waals surface area contributed by atoms with E-state index in [1.54, 1.807) is 32.0 Å². The minimum absolute atomic E-state index is 0.0496. The highest BCUT2D eigenvalue weighted by molar-refractivity contribution is 7.92. The number of sulfonamides is 1. The number of carbonyl (C=O) groups is 1. The third-order valence-electron chi connectivity index (χ3n) is 5.09. The number of nitrogens with zero attached hydrogens (tertiary/aromatic N) is 1. The van der Waals surface area contributed by atoms with Crippen LogP contribution in [0.5, 0.6) is 0 Å². The predicted octanol–water partition coefficient (Wildman–Crippen LogP) is 5.28. The third-order valence-corrected chi connectivity index (χ3v) is 6.73. The Bertz CT molecular complexity index is 1500. The fourth-order valence-electron chi connectivity index (χ4n) is 3.61. The standard InChI is InChI=1S/C24H20F3N3O3S/c1-13(2)12-34(32,33)30-20-8-7-19(26)21(22(20)27)23(31)18-11-29-24-17(18)9-15(10-28-24)14-3-5-16(25)6-4-14/h3-11,13,30H,12H2,1-2H3,(H,28,29). The van der Waals surface area contributed by atoms with Crippen LogP contribution in [0.15, 0.2) is 54.9 Å². The number of aromatic nitrogens is 2. The quantitative estimate of drug-likeness (QED) is 0.347. The van der Waals surface area contributed by atoms with Crippen LogP contribution in [0.1, 0.15) is 29.8 Å². The van der Waals surface area contributed by atoms with Gasteiger partial charge >= 0.3 is 0 Å². The minimum Gasteiger partial charge on any atom is -0.345 e. The summed E-state index contributed by atoms with van der Waals surface area (Å²) >= 11 is 0. The van der Waals surface area contributed by atoms with E-state index in [-0.39, 0.29) is 17.2 Å². The van der Waals surface area contributed by atoms with Crippen LogP contribution in [-0.2, 0) is 10.0 Å². The van der Waals surface area contributed by atoms with E-state index in [1.165, 1.54) is 24.5 Å². The van der Waals surface area contributed by atoms with Crippen molar-refractivity contribution in [3.05, 3.63) is 83.4 Å². The van der Waals surface area contributed by atoms with Crippen molar-refractivity contribution in [2.24, 2.45) is 5.92 Å². The number of rotatable bonds is 7. The van der Waals surface area contributed by atoms with Crippen molar-refractivity contribution < 1.29 is 26.4 Å². The van der Waals surface area contributed by atoms with Crippen LogP contribution in [0.3, 0.4) is 0 Å². The number of H-pyrrole nitrogens is 1. The summed E-state index contributed by atoms with van der Waals surface area (Å²) in [6, 6.07) is 9.00. The molecular formula is C24H20F3N3O3S. The molecule has 0 aliphatic rings. The van der Waals surface area contributed by atoms with Gasteiger partial charge in [-0.1, -0.05) is 26.0 Å². The van der Waals surface area contributed by atoms with Crippen molar-refractivity contribution in [2.75, 3.05) is 10.5 Å². The highest BCUT2D eigenvalue weighted by atomic mass is 32.2. The lowest BCUT2D eigenvalue weighted by Crippen LogP contribution is -2.21. The van der Waals surface area contributed by atoms with Crippen molar-refractivity contribution in [1.29, 1.82) is 0 Å². The molecule has 0 amide bonds. The minimum atomic E-state index is -3.91. The van der Waals surface area contributed by atoms with E-state index in [0.29, 0.717) is 22.2 Å². The topological polar surface area (TPSA) is 91.9 Å². The first-order chi connectivity index (χ1) is 16.1.